The summed E-state index contributed by atoms with van der Waals surface area (Å²) < 4.78 is 58.1. The average molecular weight is 574 g/mol. The SMILES string of the molecule is Cc1ccc(COc2cccc(-c3cc(F)c(Cc4nc5ccc(C(=O)O)cc5n4[C@@H]4CCOC4)cc3F)n2)c(F)c1. The van der Waals surface area contributed by atoms with Gasteiger partial charge < -0.3 is 19.1 Å². The number of aromatic nitrogens is 3. The molecule has 0 unspecified atom stereocenters. The molecule has 1 atom stereocenters. The van der Waals surface area contributed by atoms with Crippen LogP contribution in [0.4, 0.5) is 13.2 Å². The molecule has 3 aromatic carbocycles. The van der Waals surface area contributed by atoms with Crippen LogP contribution in [0.3, 0.4) is 0 Å². The zero-order chi connectivity index (χ0) is 29.4. The third kappa shape index (κ3) is 5.45. The van der Waals surface area contributed by atoms with Crippen LogP contribution in [-0.4, -0.2) is 38.8 Å². The van der Waals surface area contributed by atoms with Crippen LogP contribution in [0, 0.1) is 24.4 Å². The number of carbonyl (C=O) groups is 1. The van der Waals surface area contributed by atoms with E-state index in [0.717, 1.165) is 17.7 Å². The molecule has 0 amide bonds. The van der Waals surface area contributed by atoms with Crippen molar-refractivity contribution in [3.63, 3.8) is 0 Å². The molecule has 7 nitrogen and oxygen atoms in total. The zero-order valence-corrected chi connectivity index (χ0v) is 22.6. The van der Waals surface area contributed by atoms with Gasteiger partial charge in [0.25, 0.3) is 0 Å². The quantitative estimate of drug-likeness (QED) is 0.224. The van der Waals surface area contributed by atoms with E-state index in [2.05, 4.69) is 9.97 Å². The van der Waals surface area contributed by atoms with Gasteiger partial charge in [0.15, 0.2) is 0 Å². The van der Waals surface area contributed by atoms with Gasteiger partial charge >= 0.3 is 5.97 Å². The molecule has 1 aliphatic heterocycles. The lowest BCUT2D eigenvalue weighted by molar-refractivity contribution is 0.0697. The molecule has 0 radical (unpaired) electrons. The number of ether oxygens (including phenoxy) is 2. The van der Waals surface area contributed by atoms with E-state index in [0.29, 0.717) is 42.1 Å². The van der Waals surface area contributed by atoms with E-state index in [1.165, 1.54) is 18.2 Å². The Hall–Kier alpha value is -4.70. The maximum absolute atomic E-state index is 15.5. The van der Waals surface area contributed by atoms with Crippen LogP contribution < -0.4 is 4.74 Å². The fourth-order valence-corrected chi connectivity index (χ4v) is 5.19. The third-order valence-corrected chi connectivity index (χ3v) is 7.35. The minimum atomic E-state index is -1.07. The number of carboxylic acid groups (broad SMARTS) is 1. The fourth-order valence-electron chi connectivity index (χ4n) is 5.19. The second kappa shape index (κ2) is 11.3. The van der Waals surface area contributed by atoms with Gasteiger partial charge in [-0.25, -0.2) is 27.9 Å². The molecule has 1 saturated heterocycles. The second-order valence-corrected chi connectivity index (χ2v) is 10.3. The van der Waals surface area contributed by atoms with Crippen molar-refractivity contribution in [3.05, 3.63) is 112 Å². The molecule has 10 heteroatoms. The number of rotatable bonds is 8. The first-order valence-corrected chi connectivity index (χ1v) is 13.4. The summed E-state index contributed by atoms with van der Waals surface area (Å²) in [6.45, 7) is 2.66. The number of pyridine rings is 1. The zero-order valence-electron chi connectivity index (χ0n) is 22.6. The molecule has 214 valence electrons. The van der Waals surface area contributed by atoms with Gasteiger partial charge in [-0.2, -0.15) is 0 Å². The highest BCUT2D eigenvalue weighted by Gasteiger charge is 2.25. The normalized spacial score (nSPS) is 14.9. The molecule has 5 aromatic rings. The Morgan fingerprint density at radius 2 is 1.83 bits per heavy atom. The van der Waals surface area contributed by atoms with E-state index in [1.54, 1.807) is 43.3 Å². The van der Waals surface area contributed by atoms with Crippen molar-refractivity contribution in [2.45, 2.75) is 32.4 Å². The Kier molecular flexibility index (Phi) is 7.38. The van der Waals surface area contributed by atoms with Crippen LogP contribution in [0.1, 0.15) is 45.3 Å². The Labute approximate surface area is 239 Å². The number of imidazole rings is 1. The number of carboxylic acids is 1. The van der Waals surface area contributed by atoms with Gasteiger partial charge in [0, 0.05) is 30.2 Å². The van der Waals surface area contributed by atoms with Crippen LogP contribution in [-0.2, 0) is 17.8 Å². The van der Waals surface area contributed by atoms with E-state index < -0.39 is 23.4 Å². The summed E-state index contributed by atoms with van der Waals surface area (Å²) in [5, 5.41) is 9.48. The second-order valence-electron chi connectivity index (χ2n) is 10.3. The molecule has 0 aliphatic carbocycles. The van der Waals surface area contributed by atoms with Gasteiger partial charge in [-0.3, -0.25) is 0 Å². The van der Waals surface area contributed by atoms with Crippen molar-refractivity contribution < 1.29 is 32.5 Å². The molecule has 0 saturated carbocycles. The van der Waals surface area contributed by atoms with Crippen molar-refractivity contribution in [1.29, 1.82) is 0 Å². The molecule has 1 N–H and O–H groups in total. The first kappa shape index (κ1) is 27.5. The molecule has 0 spiro atoms. The molecule has 2 aromatic heterocycles. The Morgan fingerprint density at radius 1 is 1.00 bits per heavy atom. The summed E-state index contributed by atoms with van der Waals surface area (Å²) in [5.74, 6) is -2.17. The van der Waals surface area contributed by atoms with E-state index in [9.17, 15) is 14.3 Å². The lowest BCUT2D eigenvalue weighted by Gasteiger charge is -2.16. The highest BCUT2D eigenvalue weighted by molar-refractivity contribution is 5.92. The molecule has 1 aliphatic rings. The number of halogens is 3. The van der Waals surface area contributed by atoms with Crippen molar-refractivity contribution >= 4 is 17.0 Å². The number of aromatic carboxylic acids is 1. The minimum Gasteiger partial charge on any atom is -0.478 e. The summed E-state index contributed by atoms with van der Waals surface area (Å²) in [4.78, 5) is 20.5. The summed E-state index contributed by atoms with van der Waals surface area (Å²) >= 11 is 0. The number of benzene rings is 3. The standard InChI is InChI=1S/C32H26F3N3O4/c1-18-5-6-20(24(33)11-18)16-42-31-4-2-3-27(37-31)23-15-25(34)21(12-26(23)35)14-30-36-28-8-7-19(32(39)40)13-29(28)38(30)22-9-10-41-17-22/h2-8,11-13,15,22H,9-10,14,16-17H2,1H3,(H,39,40)/t22-/m1/s1. The first-order valence-electron chi connectivity index (χ1n) is 13.4. The number of hydrogen-bond donors (Lipinski definition) is 1. The van der Waals surface area contributed by atoms with Crippen molar-refractivity contribution in [1.82, 2.24) is 14.5 Å². The number of fused-ring (bicyclic) bond motifs is 1. The third-order valence-electron chi connectivity index (χ3n) is 7.35. The summed E-state index contributed by atoms with van der Waals surface area (Å²) in [5.41, 5.74) is 2.61. The molecular formula is C32H26F3N3O4. The Morgan fingerprint density at radius 3 is 2.60 bits per heavy atom. The van der Waals surface area contributed by atoms with Gasteiger partial charge in [0.1, 0.15) is 29.9 Å². The van der Waals surface area contributed by atoms with Gasteiger partial charge in [0.05, 0.1) is 34.9 Å². The maximum Gasteiger partial charge on any atom is 0.335 e. The van der Waals surface area contributed by atoms with Crippen LogP contribution in [0.15, 0.2) is 66.7 Å². The minimum absolute atomic E-state index is 0.0185. The largest absolute Gasteiger partial charge is 0.478 e. The lowest BCUT2D eigenvalue weighted by Crippen LogP contribution is -2.13. The highest BCUT2D eigenvalue weighted by atomic mass is 19.1. The summed E-state index contributed by atoms with van der Waals surface area (Å²) in [6, 6.07) is 16.2. The monoisotopic (exact) mass is 573 g/mol. The Bertz CT molecular complexity index is 1820. The van der Waals surface area contributed by atoms with E-state index in [4.69, 9.17) is 9.47 Å². The fraction of sp³-hybridized carbons (Fsp3) is 0.219. The van der Waals surface area contributed by atoms with Gasteiger partial charge in [-0.05, 0) is 66.9 Å². The predicted molar refractivity (Wildman–Crippen MR) is 149 cm³/mol. The summed E-state index contributed by atoms with van der Waals surface area (Å²) in [6.07, 6.45) is 0.668. The van der Waals surface area contributed by atoms with Crippen LogP contribution in [0.25, 0.3) is 22.3 Å². The van der Waals surface area contributed by atoms with Gasteiger partial charge in [0.2, 0.25) is 5.88 Å². The van der Waals surface area contributed by atoms with Crippen LogP contribution in [0.2, 0.25) is 0 Å². The molecule has 42 heavy (non-hydrogen) atoms. The molecule has 1 fully saturated rings. The number of aryl methyl sites for hydroxylation is 1. The van der Waals surface area contributed by atoms with Crippen LogP contribution >= 0.6 is 0 Å². The average Bonchev–Trinajstić information content (AvgIpc) is 3.61. The maximum atomic E-state index is 15.5. The number of nitrogens with zero attached hydrogens (tertiary/aromatic N) is 3. The topological polar surface area (TPSA) is 86.5 Å². The van der Waals surface area contributed by atoms with Crippen molar-refractivity contribution in [3.8, 4) is 17.1 Å². The lowest BCUT2D eigenvalue weighted by atomic mass is 10.0. The molecule has 6 rings (SSSR count). The smallest absolute Gasteiger partial charge is 0.335 e. The van der Waals surface area contributed by atoms with E-state index >= 15 is 8.78 Å². The highest BCUT2D eigenvalue weighted by Crippen LogP contribution is 2.31. The van der Waals surface area contributed by atoms with E-state index in [-0.39, 0.29) is 47.3 Å². The van der Waals surface area contributed by atoms with Crippen molar-refractivity contribution in [2.75, 3.05) is 13.2 Å². The van der Waals surface area contributed by atoms with E-state index in [1.807, 2.05) is 4.57 Å². The molecule has 3 heterocycles. The number of hydrogen-bond acceptors (Lipinski definition) is 5. The van der Waals surface area contributed by atoms with Crippen molar-refractivity contribution in [2.24, 2.45) is 0 Å². The predicted octanol–water partition coefficient (Wildman–Crippen LogP) is 6.65. The molecule has 0 bridgehead atoms. The Balaban J connectivity index is 1.29. The van der Waals surface area contributed by atoms with Gasteiger partial charge in [-0.15, -0.1) is 0 Å². The molecular weight excluding hydrogens is 547 g/mol. The summed E-state index contributed by atoms with van der Waals surface area (Å²) in [7, 11) is 0. The van der Waals surface area contributed by atoms with Gasteiger partial charge in [-0.1, -0.05) is 18.2 Å². The first-order chi connectivity index (χ1) is 20.3. The van der Waals surface area contributed by atoms with Crippen LogP contribution in [0.5, 0.6) is 5.88 Å².